The summed E-state index contributed by atoms with van der Waals surface area (Å²) in [5.74, 6) is 2.00. The van der Waals surface area contributed by atoms with Gasteiger partial charge in [-0.25, -0.2) is 0 Å². The van der Waals surface area contributed by atoms with Gasteiger partial charge < -0.3 is 14.8 Å². The molecule has 7 heteroatoms. The zero-order chi connectivity index (χ0) is 14.7. The number of methoxy groups -OCH3 is 1. The van der Waals surface area contributed by atoms with Crippen LogP contribution in [0.15, 0.2) is 18.2 Å². The van der Waals surface area contributed by atoms with E-state index >= 15 is 0 Å². The van der Waals surface area contributed by atoms with E-state index in [9.17, 15) is 0 Å². The van der Waals surface area contributed by atoms with Crippen LogP contribution in [0.2, 0.25) is 0 Å². The summed E-state index contributed by atoms with van der Waals surface area (Å²) < 4.78 is 11.3. The lowest BCUT2D eigenvalue weighted by atomic mass is 10.2. The molecule has 0 bridgehead atoms. The van der Waals surface area contributed by atoms with Gasteiger partial charge in [-0.1, -0.05) is 12.1 Å². The SMILES string of the molecule is COc1cccc(CNC2CC2)c1OCc1nnn(C)n1. The molecule has 0 saturated heterocycles. The maximum absolute atomic E-state index is 5.87. The van der Waals surface area contributed by atoms with Crippen molar-refractivity contribution in [2.75, 3.05) is 7.11 Å². The molecule has 0 atom stereocenters. The number of benzene rings is 1. The van der Waals surface area contributed by atoms with Gasteiger partial charge in [0, 0.05) is 18.2 Å². The van der Waals surface area contributed by atoms with Crippen LogP contribution >= 0.6 is 0 Å². The van der Waals surface area contributed by atoms with E-state index in [1.54, 1.807) is 14.2 Å². The number of hydrogen-bond donors (Lipinski definition) is 1. The minimum atomic E-state index is 0.268. The van der Waals surface area contributed by atoms with Crippen molar-refractivity contribution in [1.82, 2.24) is 25.5 Å². The summed E-state index contributed by atoms with van der Waals surface area (Å²) in [6.07, 6.45) is 2.51. The fraction of sp³-hybridized carbons (Fsp3) is 0.500. The maximum Gasteiger partial charge on any atom is 0.212 e. The van der Waals surface area contributed by atoms with Crippen molar-refractivity contribution in [3.63, 3.8) is 0 Å². The van der Waals surface area contributed by atoms with Gasteiger partial charge in [-0.15, -0.1) is 10.2 Å². The predicted octanol–water partition coefficient (Wildman–Crippen LogP) is 1.05. The molecule has 1 aliphatic carbocycles. The minimum absolute atomic E-state index is 0.268. The first-order chi connectivity index (χ1) is 10.3. The van der Waals surface area contributed by atoms with Gasteiger partial charge in [0.2, 0.25) is 5.82 Å². The first kappa shape index (κ1) is 13.8. The molecule has 21 heavy (non-hydrogen) atoms. The normalized spacial score (nSPS) is 14.2. The Labute approximate surface area is 123 Å². The quantitative estimate of drug-likeness (QED) is 0.821. The van der Waals surface area contributed by atoms with E-state index in [2.05, 4.69) is 20.7 Å². The van der Waals surface area contributed by atoms with Crippen LogP contribution in [0.1, 0.15) is 24.2 Å². The van der Waals surface area contributed by atoms with Gasteiger partial charge in [0.25, 0.3) is 0 Å². The van der Waals surface area contributed by atoms with Crippen LogP contribution in [-0.2, 0) is 20.2 Å². The Bertz CT molecular complexity index is 609. The lowest BCUT2D eigenvalue weighted by molar-refractivity contribution is 0.272. The average Bonchev–Trinajstić information content (AvgIpc) is 3.24. The molecule has 0 radical (unpaired) electrons. The Balaban J connectivity index is 1.73. The Morgan fingerprint density at radius 1 is 1.38 bits per heavy atom. The molecule has 1 aromatic carbocycles. The average molecular weight is 289 g/mol. The van der Waals surface area contributed by atoms with Gasteiger partial charge in [-0.05, 0) is 24.1 Å². The molecule has 2 aromatic rings. The lowest BCUT2D eigenvalue weighted by Gasteiger charge is -2.14. The van der Waals surface area contributed by atoms with Crippen LogP contribution in [0.3, 0.4) is 0 Å². The Morgan fingerprint density at radius 2 is 2.24 bits per heavy atom. The standard InChI is InChI=1S/C14H19N5O2/c1-19-17-13(16-18-19)9-21-14-10(8-15-11-6-7-11)4-3-5-12(14)20-2/h3-5,11,15H,6-9H2,1-2H3. The third-order valence-electron chi connectivity index (χ3n) is 3.33. The highest BCUT2D eigenvalue weighted by Gasteiger charge is 2.21. The molecule has 7 nitrogen and oxygen atoms in total. The lowest BCUT2D eigenvalue weighted by Crippen LogP contribution is -2.16. The number of nitrogens with zero attached hydrogens (tertiary/aromatic N) is 4. The summed E-state index contributed by atoms with van der Waals surface area (Å²) in [5, 5.41) is 15.3. The molecule has 0 spiro atoms. The molecule has 1 N–H and O–H groups in total. The molecule has 112 valence electrons. The number of aromatic nitrogens is 4. The molecule has 0 unspecified atom stereocenters. The first-order valence-corrected chi connectivity index (χ1v) is 7.01. The maximum atomic E-state index is 5.87. The van der Waals surface area contributed by atoms with Gasteiger partial charge in [0.1, 0.15) is 0 Å². The summed E-state index contributed by atoms with van der Waals surface area (Å²) in [6.45, 7) is 1.04. The molecule has 1 heterocycles. The number of aryl methyl sites for hydroxylation is 1. The van der Waals surface area contributed by atoms with Crippen molar-refractivity contribution in [1.29, 1.82) is 0 Å². The van der Waals surface area contributed by atoms with E-state index < -0.39 is 0 Å². The van der Waals surface area contributed by atoms with Crippen molar-refractivity contribution in [2.45, 2.75) is 32.0 Å². The van der Waals surface area contributed by atoms with Crippen LogP contribution < -0.4 is 14.8 Å². The second-order valence-electron chi connectivity index (χ2n) is 5.09. The summed E-state index contributed by atoms with van der Waals surface area (Å²) >= 11 is 0. The van der Waals surface area contributed by atoms with Crippen LogP contribution in [-0.4, -0.2) is 33.4 Å². The Kier molecular flexibility index (Phi) is 4.01. The van der Waals surface area contributed by atoms with E-state index in [1.807, 2.05) is 18.2 Å². The minimum Gasteiger partial charge on any atom is -0.493 e. The van der Waals surface area contributed by atoms with Crippen LogP contribution in [0.25, 0.3) is 0 Å². The first-order valence-electron chi connectivity index (χ1n) is 7.01. The topological polar surface area (TPSA) is 74.1 Å². The number of hydrogen-bond acceptors (Lipinski definition) is 6. The molecular formula is C14H19N5O2. The smallest absolute Gasteiger partial charge is 0.212 e. The molecular weight excluding hydrogens is 270 g/mol. The Hall–Kier alpha value is -2.15. The van der Waals surface area contributed by atoms with Gasteiger partial charge in [-0.2, -0.15) is 4.80 Å². The largest absolute Gasteiger partial charge is 0.493 e. The summed E-state index contributed by atoms with van der Waals surface area (Å²) in [5.41, 5.74) is 1.07. The van der Waals surface area contributed by atoms with E-state index in [-0.39, 0.29) is 6.61 Å². The monoisotopic (exact) mass is 289 g/mol. The van der Waals surface area contributed by atoms with Crippen molar-refractivity contribution in [2.24, 2.45) is 7.05 Å². The second kappa shape index (κ2) is 6.09. The van der Waals surface area contributed by atoms with Crippen LogP contribution in [0.5, 0.6) is 11.5 Å². The van der Waals surface area contributed by atoms with E-state index in [4.69, 9.17) is 9.47 Å². The van der Waals surface area contributed by atoms with E-state index in [0.717, 1.165) is 17.9 Å². The van der Waals surface area contributed by atoms with Gasteiger partial charge >= 0.3 is 0 Å². The highest BCUT2D eigenvalue weighted by molar-refractivity contribution is 5.46. The highest BCUT2D eigenvalue weighted by atomic mass is 16.5. The molecule has 1 fully saturated rings. The van der Waals surface area contributed by atoms with Gasteiger partial charge in [0.15, 0.2) is 18.1 Å². The van der Waals surface area contributed by atoms with Crippen molar-refractivity contribution >= 4 is 0 Å². The van der Waals surface area contributed by atoms with Crippen molar-refractivity contribution in [3.05, 3.63) is 29.6 Å². The summed E-state index contributed by atoms with van der Waals surface area (Å²) in [6, 6.07) is 6.54. The van der Waals surface area contributed by atoms with Gasteiger partial charge in [-0.3, -0.25) is 0 Å². The van der Waals surface area contributed by atoms with E-state index in [1.165, 1.54) is 17.6 Å². The third kappa shape index (κ3) is 3.49. The number of tetrazole rings is 1. The molecule has 1 saturated carbocycles. The van der Waals surface area contributed by atoms with Crippen LogP contribution in [0, 0.1) is 0 Å². The number of nitrogens with one attached hydrogen (secondary N) is 1. The zero-order valence-electron chi connectivity index (χ0n) is 12.2. The molecule has 3 rings (SSSR count). The Morgan fingerprint density at radius 3 is 2.90 bits per heavy atom. The van der Waals surface area contributed by atoms with Crippen LogP contribution in [0.4, 0.5) is 0 Å². The molecule has 1 aromatic heterocycles. The molecule has 0 aliphatic heterocycles. The van der Waals surface area contributed by atoms with E-state index in [0.29, 0.717) is 17.6 Å². The fourth-order valence-electron chi connectivity index (χ4n) is 2.08. The predicted molar refractivity (Wildman–Crippen MR) is 76.0 cm³/mol. The third-order valence-corrected chi connectivity index (χ3v) is 3.33. The zero-order valence-corrected chi connectivity index (χ0v) is 12.2. The molecule has 1 aliphatic rings. The molecule has 0 amide bonds. The number of rotatable bonds is 7. The highest BCUT2D eigenvalue weighted by Crippen LogP contribution is 2.32. The number of para-hydroxylation sites is 1. The number of ether oxygens (including phenoxy) is 2. The fourth-order valence-corrected chi connectivity index (χ4v) is 2.08. The van der Waals surface area contributed by atoms with Gasteiger partial charge in [0.05, 0.1) is 14.2 Å². The van der Waals surface area contributed by atoms with Crippen molar-refractivity contribution in [3.8, 4) is 11.5 Å². The van der Waals surface area contributed by atoms with Crippen molar-refractivity contribution < 1.29 is 9.47 Å². The summed E-state index contributed by atoms with van der Waals surface area (Å²) in [4.78, 5) is 1.41. The summed E-state index contributed by atoms with van der Waals surface area (Å²) in [7, 11) is 3.37. The second-order valence-corrected chi connectivity index (χ2v) is 5.09.